The van der Waals surface area contributed by atoms with Gasteiger partial charge in [0.15, 0.2) is 0 Å². The van der Waals surface area contributed by atoms with Crippen molar-refractivity contribution in [3.8, 4) is 12.1 Å². The maximum Gasteiger partial charge on any atom is 0.431 e. The fraction of sp³-hybridized carbons (Fsp3) is 0.408. The van der Waals surface area contributed by atoms with Crippen molar-refractivity contribution in [1.29, 1.82) is 10.5 Å². The number of H-pyrrole nitrogens is 7. The van der Waals surface area contributed by atoms with Crippen molar-refractivity contribution >= 4 is 76.3 Å². The number of alkyl halides is 9. The van der Waals surface area contributed by atoms with Crippen LogP contribution in [0, 0.1) is 36.5 Å². The van der Waals surface area contributed by atoms with E-state index in [1.54, 1.807) is 48.8 Å². The molecule has 14 rings (SSSR count). The zero-order valence-corrected chi connectivity index (χ0v) is 74.4. The first kappa shape index (κ1) is 97.8. The van der Waals surface area contributed by atoms with Crippen LogP contribution >= 0.6 is 0 Å². The van der Waals surface area contributed by atoms with E-state index >= 15 is 0 Å². The van der Waals surface area contributed by atoms with Crippen LogP contribution in [0.15, 0.2) is 171 Å². The van der Waals surface area contributed by atoms with Crippen LogP contribution in [0.1, 0.15) is 127 Å². The Morgan fingerprint density at radius 1 is 0.309 bits per heavy atom. The molecule has 0 amide bonds. The van der Waals surface area contributed by atoms with Gasteiger partial charge in [0.1, 0.15) is 23.5 Å². The number of hydrogen-bond acceptors (Lipinski definition) is 9. The number of benzene rings is 7. The minimum atomic E-state index is -4.33. The van der Waals surface area contributed by atoms with Crippen LogP contribution in [0.2, 0.25) is 0 Å². The fourth-order valence-corrected chi connectivity index (χ4v) is 14.4. The van der Waals surface area contributed by atoms with Crippen LogP contribution in [0.3, 0.4) is 0 Å². The Balaban J connectivity index is 0.000000178. The summed E-state index contributed by atoms with van der Waals surface area (Å²) >= 11 is 0. The number of nitrogens with zero attached hydrogens (tertiary/aromatic N) is 9. The molecule has 0 radical (unpaired) electrons. The minimum Gasteiger partial charge on any atom is -0.361 e. The Kier molecular flexibility index (Phi) is 37.2. The van der Waals surface area contributed by atoms with Crippen LogP contribution in [0.5, 0.6) is 0 Å². The molecule has 0 atom stereocenters. The zero-order chi connectivity index (χ0) is 89.7. The van der Waals surface area contributed by atoms with Crippen LogP contribution in [0.4, 0.5) is 39.5 Å². The Hall–Kier alpha value is -10.6. The summed E-state index contributed by atoms with van der Waals surface area (Å²) in [6.45, 7) is 32.4. The van der Waals surface area contributed by atoms with Gasteiger partial charge in [0.25, 0.3) is 0 Å². The van der Waals surface area contributed by atoms with Crippen molar-refractivity contribution in [3.05, 3.63) is 249 Å². The number of nitrogens with one attached hydrogen (secondary N) is 7. The SMILES string of the molecule is CCN(C)CCc1c(C#N)[nH]c2ccccc12.CCN(C)CCc1c(C(F)(F)F)[nH]c2ccccc12.CCN(C)CCc1c[nH]c2c(C#N)cccc12.CCN(C)CCc1c[nH]c2c(C(F)(F)F)cccc12.CCN(C)CCc1c[nH]c2cc(C)ccc12.CCN(C)CCc1c[nH]c2ccc(C)cc12.CCN(C)CCc1c[nH]c2cccc(C(F)(F)F)c12. The maximum atomic E-state index is 13.0. The second-order valence-corrected chi connectivity index (χ2v) is 31.6. The second-order valence-electron chi connectivity index (χ2n) is 31.6. The molecule has 0 fully saturated rings. The first-order chi connectivity index (χ1) is 58.7. The summed E-state index contributed by atoms with van der Waals surface area (Å²) in [4.78, 5) is 36.7. The van der Waals surface area contributed by atoms with Crippen molar-refractivity contribution in [3.63, 3.8) is 0 Å². The molecule has 660 valence electrons. The molecule has 0 aliphatic heterocycles. The molecule has 7 aromatic carbocycles. The molecule has 7 aromatic heterocycles. The summed E-state index contributed by atoms with van der Waals surface area (Å²) in [5.74, 6) is 0. The van der Waals surface area contributed by atoms with Gasteiger partial charge >= 0.3 is 18.5 Å². The number of para-hydroxylation sites is 4. The Labute approximate surface area is 719 Å². The van der Waals surface area contributed by atoms with E-state index in [2.05, 4.69) is 214 Å². The van der Waals surface area contributed by atoms with E-state index in [1.807, 2.05) is 76.4 Å². The molecule has 16 nitrogen and oxygen atoms in total. The van der Waals surface area contributed by atoms with E-state index in [0.717, 1.165) is 163 Å². The van der Waals surface area contributed by atoms with Crippen molar-refractivity contribution in [2.24, 2.45) is 0 Å². The zero-order valence-electron chi connectivity index (χ0n) is 74.4. The normalized spacial score (nSPS) is 11.8. The van der Waals surface area contributed by atoms with Gasteiger partial charge in [0.05, 0.1) is 27.7 Å². The summed E-state index contributed by atoms with van der Waals surface area (Å²) in [6, 6.07) is 47.1. The number of hydrogen-bond donors (Lipinski definition) is 7. The van der Waals surface area contributed by atoms with Gasteiger partial charge in [-0.3, -0.25) is 0 Å². The van der Waals surface area contributed by atoms with Gasteiger partial charge in [-0.2, -0.15) is 50.0 Å². The highest BCUT2D eigenvalue weighted by Crippen LogP contribution is 2.39. The number of rotatable bonds is 28. The molecule has 123 heavy (non-hydrogen) atoms. The average Bonchev–Trinajstić information content (AvgIpc) is 1.63. The highest BCUT2D eigenvalue weighted by molar-refractivity contribution is 5.91. The van der Waals surface area contributed by atoms with Crippen molar-refractivity contribution < 1.29 is 39.5 Å². The van der Waals surface area contributed by atoms with Gasteiger partial charge < -0.3 is 69.2 Å². The third kappa shape index (κ3) is 27.7. The molecule has 0 spiro atoms. The van der Waals surface area contributed by atoms with E-state index in [1.165, 1.54) is 72.5 Å². The number of halogens is 9. The second kappa shape index (κ2) is 46.8. The van der Waals surface area contributed by atoms with Crippen LogP contribution < -0.4 is 0 Å². The average molecular weight is 1700 g/mol. The lowest BCUT2D eigenvalue weighted by Gasteiger charge is -2.14. The third-order valence-corrected chi connectivity index (χ3v) is 23.1. The molecule has 0 aliphatic carbocycles. The molecular weight excluding hydrogens is 1570 g/mol. The lowest BCUT2D eigenvalue weighted by molar-refractivity contribution is -0.141. The molecule has 0 saturated carbocycles. The lowest BCUT2D eigenvalue weighted by Crippen LogP contribution is -2.21. The molecule has 0 saturated heterocycles. The molecule has 0 unspecified atom stereocenters. The first-order valence-corrected chi connectivity index (χ1v) is 42.6. The van der Waals surface area contributed by atoms with Gasteiger partial charge in [0, 0.05) is 142 Å². The van der Waals surface area contributed by atoms with Gasteiger partial charge in [0.2, 0.25) is 0 Å². The number of nitriles is 2. The molecular formula is C98H125F9N16. The summed E-state index contributed by atoms with van der Waals surface area (Å²) in [5.41, 5.74) is 15.4. The topological polar surface area (TPSA) is 181 Å². The monoisotopic (exact) mass is 1700 g/mol. The number of likely N-dealkylation sites (N-methyl/N-ethyl adjacent to an activating group) is 7. The fourth-order valence-electron chi connectivity index (χ4n) is 14.4. The van der Waals surface area contributed by atoms with E-state index in [-0.39, 0.29) is 5.52 Å². The molecule has 7 N–H and O–H groups in total. The van der Waals surface area contributed by atoms with Crippen LogP contribution in [-0.4, -0.2) is 210 Å². The summed E-state index contributed by atoms with van der Waals surface area (Å²) < 4.78 is 117. The number of aromatic amines is 7. The quantitative estimate of drug-likeness (QED) is 0.0235. The molecule has 25 heteroatoms. The summed E-state index contributed by atoms with van der Waals surface area (Å²) in [7, 11) is 14.4. The van der Waals surface area contributed by atoms with E-state index in [9.17, 15) is 39.5 Å². The molecule has 14 aromatic rings. The standard InChI is InChI=1S/3C14H17F3N2.2C14H17N3.2C14H20N2/c1-3-19(2)8-7-10-9-18-12-6-4-5-11(13(10)12)14(15,16)17;1-3-19(2)8-7-10-9-18-13-11(10)5-4-6-12(13)14(15,16)17;1-3-19(2)9-8-11-10-6-4-5-7-12(10)18-13(11)14(15,16)17;1-3-17(2)8-7-12-10-16-14-11(9-15)5-4-6-13(12)14;1-3-17(2)9-8-12-11-6-4-5-7-13(11)16-14(12)10-15;1-4-16(3)8-7-12-10-15-14-6-5-11(2)9-13(12)14;1-4-16(3)8-7-12-10-15-14-9-11(2)5-6-13(12)14/h2*4-6,9,18H,3,7-8H2,1-2H3;4-7,18H,3,8-9H2,1-2H3;4-6,10,16H,3,7-8H2,1-2H3;4-7,16H,3,8-9H2,1-2H3;2*5-6,9-10,15H,4,7-8H2,1-3H3. The number of aromatic nitrogens is 7. The largest absolute Gasteiger partial charge is 0.431 e. The Morgan fingerprint density at radius 2 is 0.683 bits per heavy atom. The van der Waals surface area contributed by atoms with Gasteiger partial charge in [-0.25, -0.2) is 0 Å². The van der Waals surface area contributed by atoms with E-state index in [0.29, 0.717) is 57.8 Å². The van der Waals surface area contributed by atoms with Crippen molar-refractivity contribution in [1.82, 2.24) is 69.2 Å². The smallest absolute Gasteiger partial charge is 0.361 e. The third-order valence-electron chi connectivity index (χ3n) is 23.1. The highest BCUT2D eigenvalue weighted by Gasteiger charge is 2.37. The van der Waals surface area contributed by atoms with Crippen LogP contribution in [0.25, 0.3) is 76.3 Å². The summed E-state index contributed by atoms with van der Waals surface area (Å²) in [5, 5.41) is 24.9. The predicted octanol–water partition coefficient (Wildman–Crippen LogP) is 22.1. The molecule has 0 aliphatic rings. The van der Waals surface area contributed by atoms with Crippen LogP contribution in [-0.2, 0) is 63.5 Å². The number of aryl methyl sites for hydroxylation is 2. The molecule has 0 bridgehead atoms. The maximum absolute atomic E-state index is 13.0. The minimum absolute atomic E-state index is 0.184. The number of fused-ring (bicyclic) bond motifs is 7. The van der Waals surface area contributed by atoms with Gasteiger partial charge in [-0.1, -0.05) is 139 Å². The van der Waals surface area contributed by atoms with Gasteiger partial charge in [-0.15, -0.1) is 0 Å². The van der Waals surface area contributed by atoms with E-state index < -0.39 is 35.3 Å². The predicted molar refractivity (Wildman–Crippen MR) is 490 cm³/mol. The molecule has 7 heterocycles. The Morgan fingerprint density at radius 3 is 1.19 bits per heavy atom. The van der Waals surface area contributed by atoms with Crippen molar-refractivity contribution in [2.75, 3.05) is 141 Å². The Bertz CT molecular complexity index is 5650. The van der Waals surface area contributed by atoms with E-state index in [4.69, 9.17) is 10.5 Å². The summed E-state index contributed by atoms with van der Waals surface area (Å²) in [6.07, 6.45) is 2.63. The van der Waals surface area contributed by atoms with Crippen molar-refractivity contribution in [2.45, 2.75) is 126 Å². The first-order valence-electron chi connectivity index (χ1n) is 42.6. The lowest BCUT2D eigenvalue weighted by atomic mass is 10.0. The van der Waals surface area contributed by atoms with Gasteiger partial charge in [-0.05, 0) is 253 Å². The highest BCUT2D eigenvalue weighted by atomic mass is 19.4.